The van der Waals surface area contributed by atoms with Crippen LogP contribution in [0.25, 0.3) is 0 Å². The monoisotopic (exact) mass is 245 g/mol. The van der Waals surface area contributed by atoms with Gasteiger partial charge in [0.1, 0.15) is 10.6 Å². The number of hydrogen-bond donors (Lipinski definition) is 0. The summed E-state index contributed by atoms with van der Waals surface area (Å²) in [6.07, 6.45) is -3.20. The van der Waals surface area contributed by atoms with E-state index in [-0.39, 0.29) is 0 Å². The molecule has 0 unspecified atom stereocenters. The van der Waals surface area contributed by atoms with Crippen molar-refractivity contribution in [2.24, 2.45) is 0 Å². The average Bonchev–Trinajstić information content (AvgIpc) is 2.01. The molecule has 0 saturated carbocycles. The van der Waals surface area contributed by atoms with Gasteiger partial charge in [0.15, 0.2) is 0 Å². The van der Waals surface area contributed by atoms with Crippen molar-refractivity contribution in [1.82, 2.24) is 4.98 Å². The molecule has 0 bridgehead atoms. The Bertz CT molecular complexity index is 448. The van der Waals surface area contributed by atoms with Gasteiger partial charge in [-0.25, -0.2) is 22.2 Å². The van der Waals surface area contributed by atoms with E-state index < -0.39 is 32.0 Å². The zero-order valence-electron chi connectivity index (χ0n) is 6.42. The van der Waals surface area contributed by atoms with Crippen LogP contribution in [-0.4, -0.2) is 13.4 Å². The van der Waals surface area contributed by atoms with Crippen LogP contribution in [0.4, 0.5) is 13.2 Å². The van der Waals surface area contributed by atoms with Crippen LogP contribution < -0.4 is 0 Å². The van der Waals surface area contributed by atoms with Crippen LogP contribution in [0.3, 0.4) is 0 Å². The van der Waals surface area contributed by atoms with Crippen LogP contribution >= 0.6 is 10.7 Å². The van der Waals surface area contributed by atoms with Crippen LogP contribution in [0, 0.1) is 5.95 Å². The van der Waals surface area contributed by atoms with Crippen LogP contribution in [0.1, 0.15) is 12.1 Å². The van der Waals surface area contributed by atoms with Gasteiger partial charge in [-0.05, 0) is 12.1 Å². The fourth-order valence-electron chi connectivity index (χ4n) is 0.800. The summed E-state index contributed by atoms with van der Waals surface area (Å²) in [5.41, 5.74) is -1.18. The lowest BCUT2D eigenvalue weighted by Gasteiger charge is -2.03. The Morgan fingerprint density at radius 3 is 2.36 bits per heavy atom. The number of nitrogens with zero attached hydrogens (tertiary/aromatic N) is 1. The SMILES string of the molecule is O=S(=O)(Cl)c1ccc(F)nc1C(F)F. The summed E-state index contributed by atoms with van der Waals surface area (Å²) in [5, 5.41) is 0. The quantitative estimate of drug-likeness (QED) is 0.592. The number of rotatable bonds is 2. The van der Waals surface area contributed by atoms with E-state index in [0.29, 0.717) is 12.1 Å². The molecule has 3 nitrogen and oxygen atoms in total. The summed E-state index contributed by atoms with van der Waals surface area (Å²) >= 11 is 0. The predicted octanol–water partition coefficient (Wildman–Crippen LogP) is 2.09. The van der Waals surface area contributed by atoms with Crippen molar-refractivity contribution in [3.63, 3.8) is 0 Å². The Hall–Kier alpha value is -0.820. The van der Waals surface area contributed by atoms with Gasteiger partial charge in [0.05, 0.1) is 0 Å². The van der Waals surface area contributed by atoms with Crippen molar-refractivity contribution in [2.45, 2.75) is 11.3 Å². The van der Waals surface area contributed by atoms with Crippen molar-refractivity contribution < 1.29 is 21.6 Å². The Labute approximate surface area is 81.9 Å². The minimum atomic E-state index is -4.33. The number of halogens is 4. The molecular weight excluding hydrogens is 243 g/mol. The maximum atomic E-state index is 12.4. The molecule has 0 aliphatic rings. The van der Waals surface area contributed by atoms with Crippen LogP contribution in [0.15, 0.2) is 17.0 Å². The first kappa shape index (κ1) is 11.3. The van der Waals surface area contributed by atoms with Crippen LogP contribution in [0.5, 0.6) is 0 Å². The molecule has 1 aromatic heterocycles. The molecule has 8 heteroatoms. The number of aromatic nitrogens is 1. The van der Waals surface area contributed by atoms with Crippen molar-refractivity contribution in [3.05, 3.63) is 23.8 Å². The number of pyridine rings is 1. The first-order valence-electron chi connectivity index (χ1n) is 3.21. The molecule has 0 saturated heterocycles. The molecule has 1 aromatic rings. The second kappa shape index (κ2) is 3.74. The van der Waals surface area contributed by atoms with Gasteiger partial charge in [0.25, 0.3) is 15.5 Å². The largest absolute Gasteiger partial charge is 0.281 e. The van der Waals surface area contributed by atoms with E-state index in [9.17, 15) is 21.6 Å². The van der Waals surface area contributed by atoms with E-state index >= 15 is 0 Å². The third kappa shape index (κ3) is 2.36. The normalized spacial score (nSPS) is 12.1. The van der Waals surface area contributed by atoms with Gasteiger partial charge in [-0.15, -0.1) is 0 Å². The number of hydrogen-bond acceptors (Lipinski definition) is 3. The molecule has 1 heterocycles. The zero-order chi connectivity index (χ0) is 10.9. The van der Waals surface area contributed by atoms with E-state index in [1.165, 1.54) is 0 Å². The molecule has 0 radical (unpaired) electrons. The fourth-order valence-corrected chi connectivity index (χ4v) is 1.81. The summed E-state index contributed by atoms with van der Waals surface area (Å²) < 4.78 is 58.3. The Morgan fingerprint density at radius 2 is 1.93 bits per heavy atom. The van der Waals surface area contributed by atoms with E-state index in [2.05, 4.69) is 4.98 Å². The van der Waals surface area contributed by atoms with Crippen molar-refractivity contribution in [1.29, 1.82) is 0 Å². The highest BCUT2D eigenvalue weighted by Crippen LogP contribution is 2.26. The second-order valence-corrected chi connectivity index (χ2v) is 4.79. The number of alkyl halides is 2. The van der Waals surface area contributed by atoms with Crippen molar-refractivity contribution >= 4 is 19.7 Å². The maximum absolute atomic E-state index is 12.4. The molecule has 0 N–H and O–H groups in total. The molecule has 0 aliphatic heterocycles. The van der Waals surface area contributed by atoms with E-state index in [1.54, 1.807) is 0 Å². The molecule has 0 fully saturated rings. The molecule has 78 valence electrons. The smallest absolute Gasteiger partial charge is 0.217 e. The van der Waals surface area contributed by atoms with E-state index in [1.807, 2.05) is 0 Å². The molecular formula is C6H3ClF3NO2S. The van der Waals surface area contributed by atoms with Gasteiger partial charge >= 0.3 is 0 Å². The lowest BCUT2D eigenvalue weighted by atomic mass is 10.3. The standard InChI is InChI=1S/C6H3ClF3NO2S/c7-14(12,13)3-1-2-4(8)11-5(3)6(9)10/h1-2,6H. The molecule has 0 atom stereocenters. The van der Waals surface area contributed by atoms with Gasteiger partial charge in [-0.3, -0.25) is 0 Å². The van der Waals surface area contributed by atoms with Crippen molar-refractivity contribution in [3.8, 4) is 0 Å². The highest BCUT2D eigenvalue weighted by Gasteiger charge is 2.23. The fraction of sp³-hybridized carbons (Fsp3) is 0.167. The van der Waals surface area contributed by atoms with Gasteiger partial charge < -0.3 is 0 Å². The van der Waals surface area contributed by atoms with Crippen LogP contribution in [0.2, 0.25) is 0 Å². The first-order valence-corrected chi connectivity index (χ1v) is 5.52. The van der Waals surface area contributed by atoms with Gasteiger partial charge in [0, 0.05) is 10.7 Å². The third-order valence-corrected chi connectivity index (χ3v) is 2.69. The van der Waals surface area contributed by atoms with E-state index in [4.69, 9.17) is 10.7 Å². The third-order valence-electron chi connectivity index (χ3n) is 1.32. The van der Waals surface area contributed by atoms with E-state index in [0.717, 1.165) is 0 Å². The minimum Gasteiger partial charge on any atom is -0.217 e. The van der Waals surface area contributed by atoms with Crippen molar-refractivity contribution in [2.75, 3.05) is 0 Å². The highest BCUT2D eigenvalue weighted by atomic mass is 35.7. The first-order chi connectivity index (χ1) is 6.32. The topological polar surface area (TPSA) is 47.0 Å². The summed E-state index contributed by atoms with van der Waals surface area (Å²) in [6, 6.07) is 1.29. The Balaban J connectivity index is 3.45. The Morgan fingerprint density at radius 1 is 1.36 bits per heavy atom. The maximum Gasteiger partial charge on any atom is 0.281 e. The molecule has 0 spiro atoms. The highest BCUT2D eigenvalue weighted by molar-refractivity contribution is 8.13. The average molecular weight is 246 g/mol. The molecule has 1 rings (SSSR count). The summed E-state index contributed by atoms with van der Waals surface area (Å²) in [5.74, 6) is -1.19. The van der Waals surface area contributed by atoms with Gasteiger partial charge in [-0.2, -0.15) is 4.39 Å². The summed E-state index contributed by atoms with van der Waals surface area (Å²) in [6.45, 7) is 0. The summed E-state index contributed by atoms with van der Waals surface area (Å²) in [4.78, 5) is 1.88. The lowest BCUT2D eigenvalue weighted by Crippen LogP contribution is -2.03. The molecule has 0 aromatic carbocycles. The van der Waals surface area contributed by atoms with Crippen LogP contribution in [-0.2, 0) is 9.05 Å². The zero-order valence-corrected chi connectivity index (χ0v) is 7.99. The molecule has 0 amide bonds. The molecule has 0 aliphatic carbocycles. The summed E-state index contributed by atoms with van der Waals surface area (Å²) in [7, 11) is 0.504. The minimum absolute atomic E-state index is 0.640. The Kier molecular flexibility index (Phi) is 3.01. The van der Waals surface area contributed by atoms with Gasteiger partial charge in [-0.1, -0.05) is 0 Å². The van der Waals surface area contributed by atoms with Gasteiger partial charge in [0.2, 0.25) is 5.95 Å². The lowest BCUT2D eigenvalue weighted by molar-refractivity contribution is 0.141. The second-order valence-electron chi connectivity index (χ2n) is 2.26. The molecule has 14 heavy (non-hydrogen) atoms. The predicted molar refractivity (Wildman–Crippen MR) is 42.2 cm³/mol.